The van der Waals surface area contributed by atoms with Crippen LogP contribution in [-0.4, -0.2) is 58.8 Å². The molecule has 28 heavy (non-hydrogen) atoms. The van der Waals surface area contributed by atoms with E-state index < -0.39 is 6.03 Å². The number of aryl methyl sites for hydroxylation is 1. The molecular weight excluding hydrogens is 380 g/mol. The van der Waals surface area contributed by atoms with Gasteiger partial charge in [-0.15, -0.1) is 10.2 Å². The Morgan fingerprint density at radius 2 is 2.00 bits per heavy atom. The van der Waals surface area contributed by atoms with E-state index in [1.807, 2.05) is 18.2 Å². The fraction of sp³-hybridized carbons (Fsp3) is 0.444. The van der Waals surface area contributed by atoms with Crippen molar-refractivity contribution in [2.45, 2.75) is 24.9 Å². The lowest BCUT2D eigenvalue weighted by Crippen LogP contribution is -2.38. The smallest absolute Gasteiger partial charge is 0.318 e. The quantitative estimate of drug-likeness (QED) is 0.530. The number of para-hydroxylation sites is 1. The average molecular weight is 404 g/mol. The Labute approximate surface area is 167 Å². The predicted molar refractivity (Wildman–Crippen MR) is 107 cm³/mol. The number of rotatable bonds is 7. The van der Waals surface area contributed by atoms with Crippen LogP contribution >= 0.6 is 11.8 Å². The highest BCUT2D eigenvalue weighted by atomic mass is 32.2. The molecule has 0 aliphatic carbocycles. The topological polar surface area (TPSA) is 115 Å². The Morgan fingerprint density at radius 3 is 2.71 bits per heavy atom. The van der Waals surface area contributed by atoms with E-state index >= 15 is 0 Å². The summed E-state index contributed by atoms with van der Waals surface area (Å²) < 4.78 is 7.52. The fourth-order valence-corrected chi connectivity index (χ4v) is 3.82. The molecule has 3 amide bonds. The average Bonchev–Trinajstić information content (AvgIpc) is 3.09. The number of hydrogen-bond acceptors (Lipinski definition) is 7. The number of primary amides is 1. The standard InChI is InChI=1S/C18H24N6O3S/c1-13-5-2-3-6-14(13)24-17(23-8-10-27-11-9-23)21-22-18(24)28-12-4-7-15(25)20-16(19)26/h2-3,5-6H,4,7-12H2,1H3,(H3,19,20,25,26). The molecule has 0 saturated carbocycles. The summed E-state index contributed by atoms with van der Waals surface area (Å²) in [6.45, 7) is 4.92. The van der Waals surface area contributed by atoms with Gasteiger partial charge >= 0.3 is 6.03 Å². The maximum Gasteiger partial charge on any atom is 0.318 e. The fourth-order valence-electron chi connectivity index (χ4n) is 2.95. The molecule has 1 fully saturated rings. The second-order valence-electron chi connectivity index (χ2n) is 6.37. The van der Waals surface area contributed by atoms with E-state index in [1.165, 1.54) is 11.8 Å². The van der Waals surface area contributed by atoms with Crippen molar-refractivity contribution in [3.8, 4) is 5.69 Å². The van der Waals surface area contributed by atoms with Crippen LogP contribution in [-0.2, 0) is 9.53 Å². The summed E-state index contributed by atoms with van der Waals surface area (Å²) in [4.78, 5) is 24.4. The van der Waals surface area contributed by atoms with Crippen LogP contribution in [0.25, 0.3) is 5.69 Å². The van der Waals surface area contributed by atoms with Crippen molar-refractivity contribution in [2.24, 2.45) is 5.73 Å². The summed E-state index contributed by atoms with van der Waals surface area (Å²) in [6, 6.07) is 7.27. The Hall–Kier alpha value is -2.59. The number of carbonyl (C=O) groups excluding carboxylic acids is 2. The Balaban J connectivity index is 1.75. The van der Waals surface area contributed by atoms with E-state index in [0.717, 1.165) is 35.4 Å². The molecule has 150 valence electrons. The number of benzene rings is 1. The second-order valence-corrected chi connectivity index (χ2v) is 7.43. The molecule has 9 nitrogen and oxygen atoms in total. The molecule has 1 aromatic carbocycles. The molecule has 2 heterocycles. The number of nitrogens with one attached hydrogen (secondary N) is 1. The van der Waals surface area contributed by atoms with Crippen LogP contribution < -0.4 is 16.0 Å². The van der Waals surface area contributed by atoms with E-state index in [1.54, 1.807) is 0 Å². The minimum atomic E-state index is -0.827. The Morgan fingerprint density at radius 1 is 1.25 bits per heavy atom. The number of imide groups is 1. The van der Waals surface area contributed by atoms with Gasteiger partial charge in [0.1, 0.15) is 0 Å². The molecule has 2 aromatic rings. The molecule has 0 bridgehead atoms. The molecule has 0 unspecified atom stereocenters. The van der Waals surface area contributed by atoms with Gasteiger partial charge in [-0.1, -0.05) is 30.0 Å². The molecule has 1 saturated heterocycles. The van der Waals surface area contributed by atoms with Gasteiger partial charge in [0, 0.05) is 25.3 Å². The molecule has 0 atom stereocenters. The number of amides is 3. The van der Waals surface area contributed by atoms with Crippen molar-refractivity contribution in [1.29, 1.82) is 0 Å². The predicted octanol–water partition coefficient (Wildman–Crippen LogP) is 1.48. The lowest BCUT2D eigenvalue weighted by Gasteiger charge is -2.28. The number of aromatic nitrogens is 3. The van der Waals surface area contributed by atoms with Gasteiger partial charge in [-0.2, -0.15) is 0 Å². The molecule has 1 aliphatic rings. The van der Waals surface area contributed by atoms with Gasteiger partial charge in [0.2, 0.25) is 11.9 Å². The first-order valence-corrected chi connectivity index (χ1v) is 10.1. The van der Waals surface area contributed by atoms with E-state index in [4.69, 9.17) is 10.5 Å². The van der Waals surface area contributed by atoms with Crippen LogP contribution in [0, 0.1) is 6.92 Å². The van der Waals surface area contributed by atoms with Crippen molar-refractivity contribution in [1.82, 2.24) is 20.1 Å². The monoisotopic (exact) mass is 404 g/mol. The van der Waals surface area contributed by atoms with Crippen LogP contribution in [0.5, 0.6) is 0 Å². The third-order valence-electron chi connectivity index (χ3n) is 4.31. The normalized spacial score (nSPS) is 14.1. The third kappa shape index (κ3) is 5.02. The maximum atomic E-state index is 11.5. The highest BCUT2D eigenvalue weighted by Gasteiger charge is 2.22. The second kappa shape index (κ2) is 9.56. The van der Waals surface area contributed by atoms with Gasteiger partial charge < -0.3 is 15.4 Å². The number of carbonyl (C=O) groups is 2. The first kappa shape index (κ1) is 20.2. The van der Waals surface area contributed by atoms with Crippen molar-refractivity contribution < 1.29 is 14.3 Å². The molecule has 3 N–H and O–H groups in total. The summed E-state index contributed by atoms with van der Waals surface area (Å²) in [5, 5.41) is 11.7. The van der Waals surface area contributed by atoms with E-state index in [9.17, 15) is 9.59 Å². The Bertz CT molecular complexity index is 834. The number of hydrogen-bond donors (Lipinski definition) is 2. The Kier molecular flexibility index (Phi) is 6.88. The zero-order valence-electron chi connectivity index (χ0n) is 15.8. The molecule has 0 radical (unpaired) electrons. The van der Waals surface area contributed by atoms with Crippen LogP contribution in [0.1, 0.15) is 18.4 Å². The van der Waals surface area contributed by atoms with Crippen LogP contribution in [0.4, 0.5) is 10.7 Å². The molecule has 0 spiro atoms. The first-order valence-electron chi connectivity index (χ1n) is 9.12. The zero-order valence-corrected chi connectivity index (χ0v) is 16.6. The molecule has 10 heteroatoms. The third-order valence-corrected chi connectivity index (χ3v) is 5.32. The van der Waals surface area contributed by atoms with Crippen LogP contribution in [0.15, 0.2) is 29.4 Å². The molecule has 1 aliphatic heterocycles. The summed E-state index contributed by atoms with van der Waals surface area (Å²) >= 11 is 1.53. The number of nitrogens with two attached hydrogens (primary N) is 1. The minimum absolute atomic E-state index is 0.227. The first-order chi connectivity index (χ1) is 13.6. The largest absolute Gasteiger partial charge is 0.378 e. The summed E-state index contributed by atoms with van der Waals surface area (Å²) in [5.74, 6) is 1.09. The van der Waals surface area contributed by atoms with Crippen LogP contribution in [0.2, 0.25) is 0 Å². The number of nitrogens with zero attached hydrogens (tertiary/aromatic N) is 4. The van der Waals surface area contributed by atoms with E-state index in [-0.39, 0.29) is 12.3 Å². The van der Waals surface area contributed by atoms with E-state index in [0.29, 0.717) is 25.4 Å². The van der Waals surface area contributed by atoms with Gasteiger partial charge in [-0.05, 0) is 25.0 Å². The number of urea groups is 1. The highest BCUT2D eigenvalue weighted by Crippen LogP contribution is 2.29. The number of ether oxygens (including phenoxy) is 1. The van der Waals surface area contributed by atoms with Crippen molar-refractivity contribution in [3.05, 3.63) is 29.8 Å². The van der Waals surface area contributed by atoms with Crippen molar-refractivity contribution >= 4 is 29.6 Å². The zero-order chi connectivity index (χ0) is 19.9. The van der Waals surface area contributed by atoms with E-state index in [2.05, 4.69) is 38.0 Å². The molecule has 1 aromatic heterocycles. The lowest BCUT2D eigenvalue weighted by atomic mass is 10.2. The van der Waals surface area contributed by atoms with Crippen molar-refractivity contribution in [2.75, 3.05) is 37.0 Å². The number of morpholine rings is 1. The number of thioether (sulfide) groups is 1. The minimum Gasteiger partial charge on any atom is -0.378 e. The molecular formula is C18H24N6O3S. The van der Waals surface area contributed by atoms with Gasteiger partial charge in [0.15, 0.2) is 5.16 Å². The summed E-state index contributed by atoms with van der Waals surface area (Å²) in [5.41, 5.74) is 7.10. The van der Waals surface area contributed by atoms with Gasteiger partial charge in [0.05, 0.1) is 18.9 Å². The van der Waals surface area contributed by atoms with Gasteiger partial charge in [-0.25, -0.2) is 4.79 Å². The van der Waals surface area contributed by atoms with Crippen molar-refractivity contribution in [3.63, 3.8) is 0 Å². The highest BCUT2D eigenvalue weighted by molar-refractivity contribution is 7.99. The summed E-state index contributed by atoms with van der Waals surface area (Å²) in [7, 11) is 0. The van der Waals surface area contributed by atoms with Gasteiger partial charge in [-0.3, -0.25) is 14.7 Å². The maximum absolute atomic E-state index is 11.5. The molecule has 3 rings (SSSR count). The van der Waals surface area contributed by atoms with Gasteiger partial charge in [0.25, 0.3) is 0 Å². The summed E-state index contributed by atoms with van der Waals surface area (Å²) in [6.07, 6.45) is 0.821. The SMILES string of the molecule is Cc1ccccc1-n1c(SCCCC(=O)NC(N)=O)nnc1N1CCOCC1. The van der Waals surface area contributed by atoms with Crippen LogP contribution in [0.3, 0.4) is 0 Å². The number of anilines is 1. The lowest BCUT2D eigenvalue weighted by molar-refractivity contribution is -0.119.